The van der Waals surface area contributed by atoms with E-state index in [-0.39, 0.29) is 30.7 Å². The van der Waals surface area contributed by atoms with E-state index in [1.54, 1.807) is 11.0 Å². The maximum Gasteiger partial charge on any atom is 0.246 e. The Hall–Kier alpha value is -1.95. The molecule has 102 valence electrons. The standard InChI is InChI=1S/C13H16FN3O2/c1-2-15-6-9-5-10(14)3-4-11(9)17-7-12(18)16-13(19)8-17/h3-5,15H,2,6-8H2,1H3,(H,16,18,19). The smallest absolute Gasteiger partial charge is 0.246 e. The number of hydrogen-bond donors (Lipinski definition) is 2. The Balaban J connectivity index is 2.27. The maximum atomic E-state index is 13.3. The summed E-state index contributed by atoms with van der Waals surface area (Å²) >= 11 is 0. The minimum absolute atomic E-state index is 0.108. The van der Waals surface area contributed by atoms with Crippen molar-refractivity contribution in [1.82, 2.24) is 10.6 Å². The number of carbonyl (C=O) groups is 2. The second-order valence-corrected chi connectivity index (χ2v) is 4.38. The van der Waals surface area contributed by atoms with Gasteiger partial charge in [-0.3, -0.25) is 14.9 Å². The van der Waals surface area contributed by atoms with Gasteiger partial charge < -0.3 is 10.2 Å². The summed E-state index contributed by atoms with van der Waals surface area (Å²) < 4.78 is 13.3. The lowest BCUT2D eigenvalue weighted by Crippen LogP contribution is -2.51. The van der Waals surface area contributed by atoms with E-state index in [0.717, 1.165) is 12.1 Å². The van der Waals surface area contributed by atoms with Gasteiger partial charge in [-0.1, -0.05) is 6.92 Å². The summed E-state index contributed by atoms with van der Waals surface area (Å²) in [5.74, 6) is -1.01. The fourth-order valence-corrected chi connectivity index (χ4v) is 2.07. The first kappa shape index (κ1) is 13.5. The molecule has 1 aromatic rings. The van der Waals surface area contributed by atoms with Crippen LogP contribution in [0.5, 0.6) is 0 Å². The lowest BCUT2D eigenvalue weighted by molar-refractivity contribution is -0.130. The SMILES string of the molecule is CCNCc1cc(F)ccc1N1CC(=O)NC(=O)C1. The molecule has 19 heavy (non-hydrogen) atoms. The Kier molecular flexibility index (Phi) is 4.11. The first-order valence-electron chi connectivity index (χ1n) is 6.17. The molecule has 0 aliphatic carbocycles. The Labute approximate surface area is 110 Å². The fraction of sp³-hybridized carbons (Fsp3) is 0.385. The Morgan fingerprint density at radius 3 is 2.63 bits per heavy atom. The van der Waals surface area contributed by atoms with Crippen molar-refractivity contribution >= 4 is 17.5 Å². The van der Waals surface area contributed by atoms with Gasteiger partial charge in [0.2, 0.25) is 11.8 Å². The Morgan fingerprint density at radius 2 is 2.00 bits per heavy atom. The van der Waals surface area contributed by atoms with Crippen LogP contribution in [-0.2, 0) is 16.1 Å². The number of benzene rings is 1. The highest BCUT2D eigenvalue weighted by Crippen LogP contribution is 2.22. The van der Waals surface area contributed by atoms with Gasteiger partial charge in [-0.05, 0) is 30.3 Å². The first-order chi connectivity index (χ1) is 9.10. The van der Waals surface area contributed by atoms with Crippen molar-refractivity contribution in [3.05, 3.63) is 29.6 Å². The number of nitrogens with one attached hydrogen (secondary N) is 2. The number of hydrogen-bond acceptors (Lipinski definition) is 4. The summed E-state index contributed by atoms with van der Waals surface area (Å²) in [4.78, 5) is 24.4. The number of amides is 2. The number of carbonyl (C=O) groups excluding carboxylic acids is 2. The molecule has 1 aliphatic rings. The molecule has 5 nitrogen and oxygen atoms in total. The van der Waals surface area contributed by atoms with Gasteiger partial charge >= 0.3 is 0 Å². The van der Waals surface area contributed by atoms with Gasteiger partial charge in [0.1, 0.15) is 5.82 Å². The zero-order chi connectivity index (χ0) is 13.8. The van der Waals surface area contributed by atoms with Crippen LogP contribution in [0.3, 0.4) is 0 Å². The highest BCUT2D eigenvalue weighted by atomic mass is 19.1. The molecule has 0 bridgehead atoms. The zero-order valence-electron chi connectivity index (χ0n) is 10.7. The molecule has 1 aromatic carbocycles. The van der Waals surface area contributed by atoms with E-state index < -0.39 is 0 Å². The van der Waals surface area contributed by atoms with Crippen molar-refractivity contribution in [2.75, 3.05) is 24.5 Å². The lowest BCUT2D eigenvalue weighted by atomic mass is 10.1. The number of imide groups is 1. The molecule has 0 saturated carbocycles. The molecule has 1 saturated heterocycles. The number of halogens is 1. The molecular weight excluding hydrogens is 249 g/mol. The van der Waals surface area contributed by atoms with Gasteiger partial charge in [-0.2, -0.15) is 0 Å². The average Bonchev–Trinajstić information content (AvgIpc) is 2.35. The van der Waals surface area contributed by atoms with Gasteiger partial charge in [-0.15, -0.1) is 0 Å². The van der Waals surface area contributed by atoms with Crippen molar-refractivity contribution in [2.24, 2.45) is 0 Å². The molecule has 1 heterocycles. The monoisotopic (exact) mass is 265 g/mol. The van der Waals surface area contributed by atoms with Crippen LogP contribution in [0.25, 0.3) is 0 Å². The maximum absolute atomic E-state index is 13.3. The minimum atomic E-state index is -0.338. The van der Waals surface area contributed by atoms with Crippen molar-refractivity contribution in [2.45, 2.75) is 13.5 Å². The van der Waals surface area contributed by atoms with E-state index in [0.29, 0.717) is 12.2 Å². The summed E-state index contributed by atoms with van der Waals surface area (Å²) in [6.07, 6.45) is 0. The van der Waals surface area contributed by atoms with E-state index in [1.807, 2.05) is 6.92 Å². The topological polar surface area (TPSA) is 61.4 Å². The fourth-order valence-electron chi connectivity index (χ4n) is 2.07. The third kappa shape index (κ3) is 3.29. The molecule has 2 N–H and O–H groups in total. The van der Waals surface area contributed by atoms with E-state index in [9.17, 15) is 14.0 Å². The third-order valence-electron chi connectivity index (χ3n) is 2.90. The normalized spacial score (nSPS) is 15.6. The molecule has 1 fully saturated rings. The highest BCUT2D eigenvalue weighted by molar-refractivity contribution is 6.02. The van der Waals surface area contributed by atoms with Crippen molar-refractivity contribution < 1.29 is 14.0 Å². The summed E-state index contributed by atoms with van der Waals surface area (Å²) in [5, 5.41) is 5.36. The molecule has 6 heteroatoms. The molecule has 0 aromatic heterocycles. The van der Waals surface area contributed by atoms with E-state index in [4.69, 9.17) is 0 Å². The van der Waals surface area contributed by atoms with Gasteiger partial charge in [0.05, 0.1) is 13.1 Å². The number of anilines is 1. The zero-order valence-corrected chi connectivity index (χ0v) is 10.7. The van der Waals surface area contributed by atoms with E-state index >= 15 is 0 Å². The van der Waals surface area contributed by atoms with Crippen molar-refractivity contribution in [1.29, 1.82) is 0 Å². The molecule has 1 aliphatic heterocycles. The van der Waals surface area contributed by atoms with Crippen LogP contribution in [-0.4, -0.2) is 31.4 Å². The molecule has 0 spiro atoms. The summed E-state index contributed by atoms with van der Waals surface area (Å²) in [6.45, 7) is 3.43. The highest BCUT2D eigenvalue weighted by Gasteiger charge is 2.24. The average molecular weight is 265 g/mol. The van der Waals surface area contributed by atoms with Crippen LogP contribution in [0, 0.1) is 5.82 Å². The predicted molar refractivity (Wildman–Crippen MR) is 69.1 cm³/mol. The van der Waals surface area contributed by atoms with Crippen LogP contribution in [0.2, 0.25) is 0 Å². The quantitative estimate of drug-likeness (QED) is 0.774. The van der Waals surface area contributed by atoms with Crippen molar-refractivity contribution in [3.63, 3.8) is 0 Å². The van der Waals surface area contributed by atoms with Crippen LogP contribution < -0.4 is 15.5 Å². The molecule has 0 unspecified atom stereocenters. The largest absolute Gasteiger partial charge is 0.353 e. The molecular formula is C13H16FN3O2. The summed E-state index contributed by atoms with van der Waals surface area (Å²) in [7, 11) is 0. The van der Waals surface area contributed by atoms with Crippen LogP contribution >= 0.6 is 0 Å². The van der Waals surface area contributed by atoms with E-state index in [2.05, 4.69) is 10.6 Å². The number of piperazine rings is 1. The second kappa shape index (κ2) is 5.79. The van der Waals surface area contributed by atoms with Gasteiger partial charge in [0.25, 0.3) is 0 Å². The van der Waals surface area contributed by atoms with Crippen LogP contribution in [0.15, 0.2) is 18.2 Å². The second-order valence-electron chi connectivity index (χ2n) is 4.38. The number of nitrogens with zero attached hydrogens (tertiary/aromatic N) is 1. The Bertz CT molecular complexity index is 489. The number of rotatable bonds is 4. The molecule has 0 radical (unpaired) electrons. The van der Waals surface area contributed by atoms with Crippen LogP contribution in [0.4, 0.5) is 10.1 Å². The Morgan fingerprint density at radius 1 is 1.32 bits per heavy atom. The van der Waals surface area contributed by atoms with Gasteiger partial charge in [0.15, 0.2) is 0 Å². The first-order valence-corrected chi connectivity index (χ1v) is 6.17. The van der Waals surface area contributed by atoms with Crippen molar-refractivity contribution in [3.8, 4) is 0 Å². The van der Waals surface area contributed by atoms with Gasteiger partial charge in [0, 0.05) is 12.2 Å². The molecule has 2 rings (SSSR count). The van der Waals surface area contributed by atoms with Crippen LogP contribution in [0.1, 0.15) is 12.5 Å². The summed E-state index contributed by atoms with van der Waals surface area (Å²) in [6, 6.07) is 4.37. The third-order valence-corrected chi connectivity index (χ3v) is 2.90. The van der Waals surface area contributed by atoms with Gasteiger partial charge in [-0.25, -0.2) is 4.39 Å². The molecule has 0 atom stereocenters. The molecule has 2 amide bonds. The lowest BCUT2D eigenvalue weighted by Gasteiger charge is -2.29. The van der Waals surface area contributed by atoms with E-state index in [1.165, 1.54) is 12.1 Å². The predicted octanol–water partition coefficient (Wildman–Crippen LogP) is 0.398. The summed E-state index contributed by atoms with van der Waals surface area (Å²) in [5.41, 5.74) is 1.45. The minimum Gasteiger partial charge on any atom is -0.353 e.